The average Bonchev–Trinajstić information content (AvgIpc) is 3.08. The first-order valence-electron chi connectivity index (χ1n) is 16.5. The number of amides is 3. The first-order chi connectivity index (χ1) is 22.6. The zero-order valence-corrected chi connectivity index (χ0v) is 27.3. The van der Waals surface area contributed by atoms with Crippen LogP contribution in [0.3, 0.4) is 0 Å². The van der Waals surface area contributed by atoms with Gasteiger partial charge in [0, 0.05) is 68.3 Å². The normalized spacial score (nSPS) is 22.3. The Bertz CT molecular complexity index is 1760. The molecule has 3 saturated heterocycles. The summed E-state index contributed by atoms with van der Waals surface area (Å²) in [5.41, 5.74) is 5.06. The van der Waals surface area contributed by atoms with Gasteiger partial charge in [-0.15, -0.1) is 0 Å². The predicted molar refractivity (Wildman–Crippen MR) is 180 cm³/mol. The molecule has 3 atom stereocenters. The Kier molecular flexibility index (Phi) is 9.55. The summed E-state index contributed by atoms with van der Waals surface area (Å²) in [5, 5.41) is 10.1. The Labute approximate surface area is 275 Å². The molecule has 3 fully saturated rings. The first-order valence-corrected chi connectivity index (χ1v) is 16.5. The molecule has 6 rings (SSSR count). The number of nitrogens with one attached hydrogen (secondary N) is 2. The molecular formula is C37H42N6O4. The van der Waals surface area contributed by atoms with Gasteiger partial charge in [0.05, 0.1) is 17.8 Å². The second-order valence-corrected chi connectivity index (χ2v) is 13.2. The lowest BCUT2D eigenvalue weighted by Crippen LogP contribution is -2.44. The lowest BCUT2D eigenvalue weighted by Gasteiger charge is -2.37. The topological polar surface area (TPSA) is 117 Å². The summed E-state index contributed by atoms with van der Waals surface area (Å²) in [6.07, 6.45) is 5.20. The molecule has 0 saturated carbocycles. The van der Waals surface area contributed by atoms with E-state index in [2.05, 4.69) is 51.7 Å². The minimum atomic E-state index is -0.294. The van der Waals surface area contributed by atoms with Crippen molar-refractivity contribution in [2.24, 2.45) is 13.0 Å². The van der Waals surface area contributed by atoms with E-state index in [4.69, 9.17) is 0 Å². The van der Waals surface area contributed by atoms with Crippen molar-refractivity contribution >= 4 is 23.4 Å². The highest BCUT2D eigenvalue weighted by Gasteiger charge is 2.29. The van der Waals surface area contributed by atoms with Crippen molar-refractivity contribution in [3.8, 4) is 11.8 Å². The molecule has 0 spiro atoms. The van der Waals surface area contributed by atoms with E-state index in [0.29, 0.717) is 43.0 Å². The van der Waals surface area contributed by atoms with E-state index in [-0.39, 0.29) is 41.2 Å². The number of aromatic nitrogens is 2. The van der Waals surface area contributed by atoms with Crippen LogP contribution in [0.15, 0.2) is 59.5 Å². The molecule has 1 aromatic heterocycles. The molecule has 47 heavy (non-hydrogen) atoms. The van der Waals surface area contributed by atoms with Crippen LogP contribution in [0.5, 0.6) is 0 Å². The van der Waals surface area contributed by atoms with E-state index in [9.17, 15) is 19.2 Å². The molecule has 244 valence electrons. The molecule has 4 heterocycles. The van der Waals surface area contributed by atoms with Gasteiger partial charge in [0.2, 0.25) is 11.8 Å². The van der Waals surface area contributed by atoms with E-state index in [1.54, 1.807) is 13.2 Å². The van der Waals surface area contributed by atoms with Crippen molar-refractivity contribution in [2.45, 2.75) is 56.9 Å². The highest BCUT2D eigenvalue weighted by Crippen LogP contribution is 2.29. The molecule has 3 aromatic rings. The SMILES string of the molecule is Cc1c(N[C@H]2C[C@@H](c3ccc(C(=O)N4CCC(C#Cc5ccc(C6CCC(=O)NC6=O)cc5)CC4)cc3)CN(C)C2)cnn(C)c1=O. The van der Waals surface area contributed by atoms with Crippen LogP contribution in [0.4, 0.5) is 5.69 Å². The Hall–Kier alpha value is -4.75. The van der Waals surface area contributed by atoms with Gasteiger partial charge in [-0.3, -0.25) is 24.5 Å². The van der Waals surface area contributed by atoms with Gasteiger partial charge < -0.3 is 15.1 Å². The lowest BCUT2D eigenvalue weighted by atomic mass is 9.87. The number of piperidine rings is 3. The van der Waals surface area contributed by atoms with Gasteiger partial charge in [-0.05, 0) is 81.0 Å². The maximum Gasteiger partial charge on any atom is 0.271 e. The van der Waals surface area contributed by atoms with Crippen molar-refractivity contribution in [3.63, 3.8) is 0 Å². The number of aryl methyl sites for hydroxylation is 1. The van der Waals surface area contributed by atoms with Crippen LogP contribution in [0.1, 0.15) is 76.6 Å². The highest BCUT2D eigenvalue weighted by atomic mass is 16.2. The molecule has 3 amide bonds. The van der Waals surface area contributed by atoms with Crippen LogP contribution >= 0.6 is 0 Å². The van der Waals surface area contributed by atoms with Gasteiger partial charge in [0.1, 0.15) is 0 Å². The van der Waals surface area contributed by atoms with Crippen molar-refractivity contribution in [1.29, 1.82) is 0 Å². The van der Waals surface area contributed by atoms with Gasteiger partial charge in [-0.2, -0.15) is 5.10 Å². The zero-order valence-electron chi connectivity index (χ0n) is 27.3. The molecule has 1 unspecified atom stereocenters. The van der Waals surface area contributed by atoms with Crippen LogP contribution in [0, 0.1) is 24.7 Å². The van der Waals surface area contributed by atoms with E-state index < -0.39 is 0 Å². The number of imide groups is 1. The van der Waals surface area contributed by atoms with Crippen molar-refractivity contribution in [3.05, 3.63) is 92.9 Å². The van der Waals surface area contributed by atoms with Crippen LogP contribution in [-0.2, 0) is 16.6 Å². The van der Waals surface area contributed by atoms with Crippen LogP contribution in [0.25, 0.3) is 0 Å². The average molecular weight is 635 g/mol. The molecule has 0 radical (unpaired) electrons. The van der Waals surface area contributed by atoms with Crippen molar-refractivity contribution in [2.75, 3.05) is 38.5 Å². The van der Waals surface area contributed by atoms with Gasteiger partial charge >= 0.3 is 0 Å². The lowest BCUT2D eigenvalue weighted by molar-refractivity contribution is -0.134. The molecule has 0 bridgehead atoms. The Morgan fingerprint density at radius 1 is 0.936 bits per heavy atom. The molecule has 10 heteroatoms. The molecular weight excluding hydrogens is 592 g/mol. The highest BCUT2D eigenvalue weighted by molar-refractivity contribution is 6.01. The zero-order chi connectivity index (χ0) is 33.1. The molecule has 3 aliphatic heterocycles. The quantitative estimate of drug-likeness (QED) is 0.327. The number of hydrogen-bond acceptors (Lipinski definition) is 7. The summed E-state index contributed by atoms with van der Waals surface area (Å²) < 4.78 is 1.35. The van der Waals surface area contributed by atoms with E-state index in [1.807, 2.05) is 48.2 Å². The van der Waals surface area contributed by atoms with Crippen molar-refractivity contribution in [1.82, 2.24) is 24.9 Å². The fraction of sp³-hybridized carbons (Fsp3) is 0.432. The molecule has 10 nitrogen and oxygen atoms in total. The maximum absolute atomic E-state index is 13.4. The molecule has 2 N–H and O–H groups in total. The van der Waals surface area contributed by atoms with Gasteiger partial charge in [-0.25, -0.2) is 4.68 Å². The number of benzene rings is 2. The summed E-state index contributed by atoms with van der Waals surface area (Å²) in [7, 11) is 3.77. The predicted octanol–water partition coefficient (Wildman–Crippen LogP) is 3.41. The minimum Gasteiger partial charge on any atom is -0.379 e. The van der Waals surface area contributed by atoms with Gasteiger partial charge in [0.15, 0.2) is 0 Å². The van der Waals surface area contributed by atoms with Gasteiger partial charge in [0.25, 0.3) is 11.5 Å². The van der Waals surface area contributed by atoms with Crippen LogP contribution in [0.2, 0.25) is 0 Å². The second-order valence-electron chi connectivity index (χ2n) is 13.2. The minimum absolute atomic E-state index is 0.0564. The third-order valence-corrected chi connectivity index (χ3v) is 9.76. The fourth-order valence-electron chi connectivity index (χ4n) is 6.99. The summed E-state index contributed by atoms with van der Waals surface area (Å²) in [6.45, 7) is 4.98. The summed E-state index contributed by atoms with van der Waals surface area (Å²) in [4.78, 5) is 53.5. The second kappa shape index (κ2) is 13.9. The number of rotatable bonds is 5. The fourth-order valence-corrected chi connectivity index (χ4v) is 6.99. The Morgan fingerprint density at radius 2 is 1.64 bits per heavy atom. The number of hydrogen-bond donors (Lipinski definition) is 2. The third-order valence-electron chi connectivity index (χ3n) is 9.76. The standard InChI is InChI=1S/C37H42N6O4/c1-24-33(21-38-42(3)36(24)46)39-31-20-30(22-41(2)23-31)27-10-12-29(13-11-27)37(47)43-18-16-26(17-19-43)5-4-25-6-8-28(9-7-25)32-14-15-34(44)40-35(32)45/h6-13,21,26,30-32,39H,14-20,22-23H2,1-3H3,(H,40,44,45)/t30-,31+,32?/m1/s1. The summed E-state index contributed by atoms with van der Waals surface area (Å²) in [5.74, 6) is 6.50. The number of carbonyl (C=O) groups is 3. The monoisotopic (exact) mass is 634 g/mol. The van der Waals surface area contributed by atoms with Crippen LogP contribution < -0.4 is 16.2 Å². The van der Waals surface area contributed by atoms with Crippen molar-refractivity contribution < 1.29 is 14.4 Å². The smallest absolute Gasteiger partial charge is 0.271 e. The summed E-state index contributed by atoms with van der Waals surface area (Å²) >= 11 is 0. The maximum atomic E-state index is 13.4. The number of carbonyl (C=O) groups excluding carboxylic acids is 3. The van der Waals surface area contributed by atoms with E-state index in [1.165, 1.54) is 10.2 Å². The number of likely N-dealkylation sites (tertiary alicyclic amines) is 2. The molecule has 3 aliphatic rings. The Balaban J connectivity index is 1.01. The Morgan fingerprint density at radius 3 is 2.34 bits per heavy atom. The number of anilines is 1. The largest absolute Gasteiger partial charge is 0.379 e. The van der Waals surface area contributed by atoms with Crippen LogP contribution in [-0.4, -0.2) is 76.6 Å². The first kappa shape index (κ1) is 32.2. The summed E-state index contributed by atoms with van der Waals surface area (Å²) in [6, 6.07) is 16.0. The number of likely N-dealkylation sites (N-methyl/N-ethyl adjacent to an activating group) is 1. The molecule has 0 aliphatic carbocycles. The third kappa shape index (κ3) is 7.47. The molecule has 2 aromatic carbocycles. The van der Waals surface area contributed by atoms with E-state index >= 15 is 0 Å². The van der Waals surface area contributed by atoms with Gasteiger partial charge in [-0.1, -0.05) is 36.1 Å². The van der Waals surface area contributed by atoms with E-state index in [0.717, 1.165) is 49.2 Å². The number of nitrogens with zero attached hydrogens (tertiary/aromatic N) is 4.